The summed E-state index contributed by atoms with van der Waals surface area (Å²) in [7, 11) is 0. The van der Waals surface area contributed by atoms with E-state index in [1.54, 1.807) is 49.4 Å². The molecule has 0 unspecified atom stereocenters. The van der Waals surface area contributed by atoms with Gasteiger partial charge in [0.05, 0.1) is 15.7 Å². The predicted molar refractivity (Wildman–Crippen MR) is 100 cm³/mol. The Balaban J connectivity index is 1.76. The van der Waals surface area contributed by atoms with Gasteiger partial charge in [0.25, 0.3) is 11.8 Å². The summed E-state index contributed by atoms with van der Waals surface area (Å²) < 4.78 is 4.90. The summed E-state index contributed by atoms with van der Waals surface area (Å²) >= 11 is 12.0. The zero-order valence-electron chi connectivity index (χ0n) is 13.5. The molecular formula is C18H13Cl2N3O3. The molecule has 8 heteroatoms. The van der Waals surface area contributed by atoms with Crippen LogP contribution in [-0.2, 0) is 0 Å². The van der Waals surface area contributed by atoms with Gasteiger partial charge in [-0.1, -0.05) is 40.5 Å². The number of carbonyl (C=O) groups excluding carboxylic acids is 2. The third-order valence-electron chi connectivity index (χ3n) is 3.46. The van der Waals surface area contributed by atoms with E-state index in [2.05, 4.69) is 15.8 Å². The molecule has 2 aromatic carbocycles. The van der Waals surface area contributed by atoms with Crippen LogP contribution in [0.15, 0.2) is 53.1 Å². The lowest BCUT2D eigenvalue weighted by atomic mass is 10.1. The first-order valence-electron chi connectivity index (χ1n) is 7.54. The minimum atomic E-state index is -0.416. The third kappa shape index (κ3) is 4.04. The topological polar surface area (TPSA) is 84.2 Å². The number of amides is 2. The maximum absolute atomic E-state index is 12.4. The van der Waals surface area contributed by atoms with Gasteiger partial charge in [0, 0.05) is 17.2 Å². The molecule has 3 aromatic rings. The molecule has 1 aromatic heterocycles. The number of hydrogen-bond acceptors (Lipinski definition) is 4. The van der Waals surface area contributed by atoms with Gasteiger partial charge in [0.15, 0.2) is 5.82 Å². The summed E-state index contributed by atoms with van der Waals surface area (Å²) in [6.45, 7) is 1.72. The van der Waals surface area contributed by atoms with Gasteiger partial charge in [-0.3, -0.25) is 9.59 Å². The fraction of sp³-hybridized carbons (Fsp3) is 0.0556. The predicted octanol–water partition coefficient (Wildman–Crippen LogP) is 4.79. The number of benzene rings is 2. The first-order chi connectivity index (χ1) is 12.4. The second-order valence-corrected chi connectivity index (χ2v) is 6.20. The molecule has 1 heterocycles. The number of aryl methyl sites for hydroxylation is 1. The van der Waals surface area contributed by atoms with Gasteiger partial charge in [0.1, 0.15) is 5.76 Å². The summed E-state index contributed by atoms with van der Waals surface area (Å²) in [6.07, 6.45) is 0. The van der Waals surface area contributed by atoms with Crippen molar-refractivity contribution in [3.8, 4) is 0 Å². The highest BCUT2D eigenvalue weighted by molar-refractivity contribution is 6.44. The molecule has 2 amide bonds. The van der Waals surface area contributed by atoms with Crippen molar-refractivity contribution >= 4 is 46.5 Å². The molecule has 0 bridgehead atoms. The molecule has 0 aliphatic rings. The lowest BCUT2D eigenvalue weighted by Gasteiger charge is -2.09. The van der Waals surface area contributed by atoms with Crippen LogP contribution in [0, 0.1) is 6.92 Å². The van der Waals surface area contributed by atoms with Crippen molar-refractivity contribution in [2.45, 2.75) is 6.92 Å². The molecule has 26 heavy (non-hydrogen) atoms. The Hall–Kier alpha value is -2.83. The molecule has 0 saturated carbocycles. The lowest BCUT2D eigenvalue weighted by molar-refractivity contribution is 0.102. The molecule has 0 radical (unpaired) electrons. The Bertz CT molecular complexity index is 985. The summed E-state index contributed by atoms with van der Waals surface area (Å²) in [5.74, 6) is 0.0507. The second-order valence-electron chi connectivity index (χ2n) is 5.41. The van der Waals surface area contributed by atoms with E-state index in [-0.39, 0.29) is 5.02 Å². The molecule has 6 nitrogen and oxygen atoms in total. The summed E-state index contributed by atoms with van der Waals surface area (Å²) in [5, 5.41) is 9.55. The fourth-order valence-electron chi connectivity index (χ4n) is 2.21. The van der Waals surface area contributed by atoms with Crippen molar-refractivity contribution in [3.63, 3.8) is 0 Å². The SMILES string of the molecule is Cc1cc(NC(=O)c2cccc(C(=O)Nc3cccc(Cl)c3Cl)c2)no1. The standard InChI is InChI=1S/C18H13Cl2N3O3/c1-10-8-15(23-26-10)22-18(25)12-5-2-4-11(9-12)17(24)21-14-7-3-6-13(19)16(14)20/h2-9H,1H3,(H,21,24)(H,22,23,25). The molecule has 0 aliphatic carbocycles. The number of hydrogen-bond donors (Lipinski definition) is 2. The Morgan fingerprint density at radius 3 is 2.27 bits per heavy atom. The molecule has 132 valence electrons. The minimum Gasteiger partial charge on any atom is -0.360 e. The van der Waals surface area contributed by atoms with E-state index in [0.717, 1.165) is 0 Å². The van der Waals surface area contributed by atoms with E-state index in [0.29, 0.717) is 33.4 Å². The molecule has 3 rings (SSSR count). The first-order valence-corrected chi connectivity index (χ1v) is 8.30. The molecular weight excluding hydrogens is 377 g/mol. The summed E-state index contributed by atoms with van der Waals surface area (Å²) in [5.41, 5.74) is 0.984. The number of anilines is 2. The monoisotopic (exact) mass is 389 g/mol. The summed E-state index contributed by atoms with van der Waals surface area (Å²) in [6, 6.07) is 12.8. The average Bonchev–Trinajstić information content (AvgIpc) is 3.03. The highest BCUT2D eigenvalue weighted by Crippen LogP contribution is 2.29. The van der Waals surface area contributed by atoms with Gasteiger partial charge in [-0.15, -0.1) is 0 Å². The van der Waals surface area contributed by atoms with Crippen LogP contribution in [0.3, 0.4) is 0 Å². The number of carbonyl (C=O) groups is 2. The zero-order valence-corrected chi connectivity index (χ0v) is 15.1. The normalized spacial score (nSPS) is 10.4. The van der Waals surface area contributed by atoms with Crippen molar-refractivity contribution in [1.29, 1.82) is 0 Å². The maximum Gasteiger partial charge on any atom is 0.256 e. The molecule has 0 saturated heterocycles. The number of halogens is 2. The Kier molecular flexibility index (Phi) is 5.25. The molecule has 0 fully saturated rings. The first kappa shape index (κ1) is 18.0. The van der Waals surface area contributed by atoms with Gasteiger partial charge < -0.3 is 15.2 Å². The van der Waals surface area contributed by atoms with E-state index in [4.69, 9.17) is 27.7 Å². The van der Waals surface area contributed by atoms with Gasteiger partial charge in [0.2, 0.25) is 0 Å². The van der Waals surface area contributed by atoms with Crippen molar-refractivity contribution in [2.24, 2.45) is 0 Å². The Morgan fingerprint density at radius 2 is 1.62 bits per heavy atom. The molecule has 0 spiro atoms. The van der Waals surface area contributed by atoms with E-state index in [1.165, 1.54) is 6.07 Å². The van der Waals surface area contributed by atoms with E-state index in [9.17, 15) is 9.59 Å². The highest BCUT2D eigenvalue weighted by Gasteiger charge is 2.14. The van der Waals surface area contributed by atoms with Gasteiger partial charge in [-0.05, 0) is 37.3 Å². The molecule has 0 atom stereocenters. The van der Waals surface area contributed by atoms with Crippen LogP contribution in [0.25, 0.3) is 0 Å². The number of rotatable bonds is 4. The van der Waals surface area contributed by atoms with Crippen LogP contribution in [0.5, 0.6) is 0 Å². The van der Waals surface area contributed by atoms with Crippen molar-refractivity contribution in [1.82, 2.24) is 5.16 Å². The number of aromatic nitrogens is 1. The van der Waals surface area contributed by atoms with Gasteiger partial charge >= 0.3 is 0 Å². The number of nitrogens with one attached hydrogen (secondary N) is 2. The van der Waals surface area contributed by atoms with Crippen molar-refractivity contribution in [3.05, 3.63) is 75.5 Å². The van der Waals surface area contributed by atoms with Gasteiger partial charge in [-0.2, -0.15) is 0 Å². The smallest absolute Gasteiger partial charge is 0.256 e. The van der Waals surface area contributed by atoms with Crippen molar-refractivity contribution < 1.29 is 14.1 Å². The second kappa shape index (κ2) is 7.59. The third-order valence-corrected chi connectivity index (χ3v) is 4.28. The van der Waals surface area contributed by atoms with E-state index < -0.39 is 11.8 Å². The number of nitrogens with zero attached hydrogens (tertiary/aromatic N) is 1. The van der Waals surface area contributed by atoms with Crippen LogP contribution in [0.1, 0.15) is 26.5 Å². The largest absolute Gasteiger partial charge is 0.360 e. The minimum absolute atomic E-state index is 0.248. The molecule has 2 N–H and O–H groups in total. The highest BCUT2D eigenvalue weighted by atomic mass is 35.5. The Morgan fingerprint density at radius 1 is 0.962 bits per heavy atom. The maximum atomic E-state index is 12.4. The van der Waals surface area contributed by atoms with E-state index in [1.807, 2.05) is 0 Å². The Labute approximate surface area is 159 Å². The van der Waals surface area contributed by atoms with Crippen LogP contribution in [-0.4, -0.2) is 17.0 Å². The average molecular weight is 390 g/mol. The summed E-state index contributed by atoms with van der Waals surface area (Å²) in [4.78, 5) is 24.7. The van der Waals surface area contributed by atoms with Crippen LogP contribution in [0.4, 0.5) is 11.5 Å². The quantitative estimate of drug-likeness (QED) is 0.671. The molecule has 0 aliphatic heterocycles. The zero-order chi connectivity index (χ0) is 18.7. The van der Waals surface area contributed by atoms with Gasteiger partial charge in [-0.25, -0.2) is 0 Å². The lowest BCUT2D eigenvalue weighted by Crippen LogP contribution is -2.15. The van der Waals surface area contributed by atoms with Crippen molar-refractivity contribution in [2.75, 3.05) is 10.6 Å². The fourth-order valence-corrected chi connectivity index (χ4v) is 2.56. The van der Waals surface area contributed by atoms with E-state index >= 15 is 0 Å². The van der Waals surface area contributed by atoms with Crippen LogP contribution in [0.2, 0.25) is 10.0 Å². The van der Waals surface area contributed by atoms with Crippen LogP contribution >= 0.6 is 23.2 Å². The van der Waals surface area contributed by atoms with Crippen LogP contribution < -0.4 is 10.6 Å².